The summed E-state index contributed by atoms with van der Waals surface area (Å²) in [5.74, 6) is 0.283. The van der Waals surface area contributed by atoms with Gasteiger partial charge in [-0.05, 0) is 36.4 Å². The Kier molecular flexibility index (Phi) is 5.80. The van der Waals surface area contributed by atoms with Gasteiger partial charge in [0, 0.05) is 12.7 Å². The Morgan fingerprint density at radius 1 is 1.26 bits per heavy atom. The largest absolute Gasteiger partial charge is 0.486 e. The summed E-state index contributed by atoms with van der Waals surface area (Å²) >= 11 is 0. The SMILES string of the molecule is O=C(Nc1cccnc1)N1CCOC[C@H](Oc2ccc(C(F)(F)F)cc2)C1. The zero-order valence-electron chi connectivity index (χ0n) is 14.3. The van der Waals surface area contributed by atoms with Gasteiger partial charge < -0.3 is 19.7 Å². The van der Waals surface area contributed by atoms with Crippen LogP contribution in [-0.4, -0.2) is 48.3 Å². The van der Waals surface area contributed by atoms with Crippen LogP contribution in [0.15, 0.2) is 48.8 Å². The third-order valence-electron chi connectivity index (χ3n) is 3.92. The number of hydrogen-bond acceptors (Lipinski definition) is 4. The molecule has 1 atom stereocenters. The van der Waals surface area contributed by atoms with E-state index in [0.29, 0.717) is 18.8 Å². The van der Waals surface area contributed by atoms with Crippen molar-refractivity contribution < 1.29 is 27.4 Å². The number of alkyl halides is 3. The molecule has 1 saturated heterocycles. The predicted molar refractivity (Wildman–Crippen MR) is 91.5 cm³/mol. The summed E-state index contributed by atoms with van der Waals surface area (Å²) in [5, 5.41) is 2.74. The van der Waals surface area contributed by atoms with Crippen LogP contribution in [0.25, 0.3) is 0 Å². The number of rotatable bonds is 3. The lowest BCUT2D eigenvalue weighted by Gasteiger charge is -2.24. The van der Waals surface area contributed by atoms with Crippen LogP contribution in [-0.2, 0) is 10.9 Å². The maximum atomic E-state index is 12.6. The van der Waals surface area contributed by atoms with E-state index < -0.39 is 17.8 Å². The first kappa shape index (κ1) is 19.0. The molecule has 27 heavy (non-hydrogen) atoms. The van der Waals surface area contributed by atoms with Gasteiger partial charge in [-0.1, -0.05) is 0 Å². The standard InChI is InChI=1S/C18H18F3N3O3/c19-18(20,21)13-3-5-15(6-4-13)27-16-11-24(8-9-26-12-16)17(25)23-14-2-1-7-22-10-14/h1-7,10,16H,8-9,11-12H2,(H,23,25)/t16-/m1/s1. The van der Waals surface area contributed by atoms with Crippen LogP contribution < -0.4 is 10.1 Å². The number of pyridine rings is 1. The van der Waals surface area contributed by atoms with E-state index in [9.17, 15) is 18.0 Å². The summed E-state index contributed by atoms with van der Waals surface area (Å²) in [4.78, 5) is 17.9. The highest BCUT2D eigenvalue weighted by Gasteiger charge is 2.30. The van der Waals surface area contributed by atoms with E-state index in [-0.39, 0.29) is 24.9 Å². The zero-order chi connectivity index (χ0) is 19.3. The molecule has 0 radical (unpaired) electrons. The van der Waals surface area contributed by atoms with Crippen molar-refractivity contribution >= 4 is 11.7 Å². The summed E-state index contributed by atoms with van der Waals surface area (Å²) < 4.78 is 49.1. The number of urea groups is 1. The maximum absolute atomic E-state index is 12.6. The first-order valence-electron chi connectivity index (χ1n) is 8.29. The van der Waals surface area contributed by atoms with Crippen molar-refractivity contribution in [1.29, 1.82) is 0 Å². The molecule has 6 nitrogen and oxygen atoms in total. The second-order valence-electron chi connectivity index (χ2n) is 5.95. The van der Waals surface area contributed by atoms with Crippen LogP contribution in [0.5, 0.6) is 5.75 Å². The van der Waals surface area contributed by atoms with Crippen molar-refractivity contribution in [2.75, 3.05) is 31.6 Å². The summed E-state index contributed by atoms with van der Waals surface area (Å²) in [7, 11) is 0. The zero-order valence-corrected chi connectivity index (χ0v) is 14.3. The monoisotopic (exact) mass is 381 g/mol. The van der Waals surface area contributed by atoms with Gasteiger partial charge in [-0.15, -0.1) is 0 Å². The molecule has 3 rings (SSSR count). The number of amides is 2. The second kappa shape index (κ2) is 8.26. The molecule has 1 aliphatic heterocycles. The van der Waals surface area contributed by atoms with Gasteiger partial charge in [-0.2, -0.15) is 13.2 Å². The molecule has 1 N–H and O–H groups in total. The molecule has 2 heterocycles. The van der Waals surface area contributed by atoms with E-state index in [0.717, 1.165) is 12.1 Å². The lowest BCUT2D eigenvalue weighted by atomic mass is 10.2. The van der Waals surface area contributed by atoms with Crippen LogP contribution in [0.2, 0.25) is 0 Å². The lowest BCUT2D eigenvalue weighted by molar-refractivity contribution is -0.137. The number of halogens is 3. The minimum atomic E-state index is -4.40. The van der Waals surface area contributed by atoms with Gasteiger partial charge in [-0.25, -0.2) is 4.79 Å². The summed E-state index contributed by atoms with van der Waals surface area (Å²) in [6.45, 7) is 1.19. The average Bonchev–Trinajstić information content (AvgIpc) is 2.88. The highest BCUT2D eigenvalue weighted by Crippen LogP contribution is 2.30. The number of ether oxygens (including phenoxy) is 2. The van der Waals surface area contributed by atoms with Crippen LogP contribution >= 0.6 is 0 Å². The number of nitrogens with zero attached hydrogens (tertiary/aromatic N) is 2. The number of benzene rings is 1. The fourth-order valence-electron chi connectivity index (χ4n) is 2.59. The summed E-state index contributed by atoms with van der Waals surface area (Å²) in [6.07, 6.45) is -1.76. The quantitative estimate of drug-likeness (QED) is 0.885. The van der Waals surface area contributed by atoms with Crippen molar-refractivity contribution in [2.24, 2.45) is 0 Å². The lowest BCUT2D eigenvalue weighted by Crippen LogP contribution is -2.42. The highest BCUT2D eigenvalue weighted by atomic mass is 19.4. The van der Waals surface area contributed by atoms with Crippen LogP contribution in [0.3, 0.4) is 0 Å². The van der Waals surface area contributed by atoms with Gasteiger partial charge in [0.25, 0.3) is 0 Å². The third-order valence-corrected chi connectivity index (χ3v) is 3.92. The number of hydrogen-bond donors (Lipinski definition) is 1. The van der Waals surface area contributed by atoms with Crippen molar-refractivity contribution in [3.05, 3.63) is 54.4 Å². The van der Waals surface area contributed by atoms with Crippen LogP contribution in [0.1, 0.15) is 5.56 Å². The maximum Gasteiger partial charge on any atom is 0.416 e. The molecule has 1 aromatic carbocycles. The first-order valence-corrected chi connectivity index (χ1v) is 8.29. The highest BCUT2D eigenvalue weighted by molar-refractivity contribution is 5.89. The number of carbonyl (C=O) groups excluding carboxylic acids is 1. The Labute approximate surface area is 153 Å². The Bertz CT molecular complexity index is 754. The second-order valence-corrected chi connectivity index (χ2v) is 5.95. The van der Waals surface area contributed by atoms with E-state index in [1.165, 1.54) is 23.2 Å². The van der Waals surface area contributed by atoms with Crippen molar-refractivity contribution in [1.82, 2.24) is 9.88 Å². The Morgan fingerprint density at radius 3 is 2.70 bits per heavy atom. The van der Waals surface area contributed by atoms with Gasteiger partial charge in [0.2, 0.25) is 0 Å². The number of carbonyl (C=O) groups is 1. The van der Waals surface area contributed by atoms with Gasteiger partial charge in [0.1, 0.15) is 11.9 Å². The van der Waals surface area contributed by atoms with Gasteiger partial charge >= 0.3 is 12.2 Å². The molecule has 2 amide bonds. The normalized spacial score (nSPS) is 17.9. The summed E-state index contributed by atoms with van der Waals surface area (Å²) in [5.41, 5.74) is -0.183. The molecule has 0 saturated carbocycles. The Morgan fingerprint density at radius 2 is 2.04 bits per heavy atom. The van der Waals surface area contributed by atoms with Crippen LogP contribution in [0.4, 0.5) is 23.7 Å². The molecule has 2 aromatic rings. The number of anilines is 1. The smallest absolute Gasteiger partial charge is 0.416 e. The molecule has 1 aliphatic rings. The predicted octanol–water partition coefficient (Wildman–Crippen LogP) is 3.41. The number of aromatic nitrogens is 1. The van der Waals surface area contributed by atoms with Crippen molar-refractivity contribution in [3.63, 3.8) is 0 Å². The minimum absolute atomic E-state index is 0.234. The molecule has 144 valence electrons. The van der Waals surface area contributed by atoms with E-state index >= 15 is 0 Å². The van der Waals surface area contributed by atoms with Gasteiger partial charge in [-0.3, -0.25) is 4.98 Å². The van der Waals surface area contributed by atoms with Gasteiger partial charge in [0.05, 0.1) is 37.2 Å². The molecule has 1 fully saturated rings. The van der Waals surface area contributed by atoms with Crippen molar-refractivity contribution in [3.8, 4) is 5.75 Å². The fraction of sp³-hybridized carbons (Fsp3) is 0.333. The van der Waals surface area contributed by atoms with Gasteiger partial charge in [0.15, 0.2) is 0 Å². The molecule has 0 unspecified atom stereocenters. The summed E-state index contributed by atoms with van der Waals surface area (Å²) in [6, 6.07) is 7.53. The van der Waals surface area contributed by atoms with Crippen molar-refractivity contribution in [2.45, 2.75) is 12.3 Å². The Hall–Kier alpha value is -2.81. The molecule has 0 bridgehead atoms. The third kappa shape index (κ3) is 5.33. The molecule has 9 heteroatoms. The van der Waals surface area contributed by atoms with E-state index in [1.807, 2.05) is 0 Å². The van der Waals surface area contributed by atoms with E-state index in [1.54, 1.807) is 18.3 Å². The van der Waals surface area contributed by atoms with Crippen LogP contribution in [0, 0.1) is 0 Å². The molecule has 1 aromatic heterocycles. The Balaban J connectivity index is 1.61. The van der Waals surface area contributed by atoms with E-state index in [2.05, 4.69) is 10.3 Å². The molecule has 0 aliphatic carbocycles. The topological polar surface area (TPSA) is 63.7 Å². The van der Waals surface area contributed by atoms with E-state index in [4.69, 9.17) is 9.47 Å². The minimum Gasteiger partial charge on any atom is -0.486 e. The number of nitrogens with one attached hydrogen (secondary N) is 1. The molecular formula is C18H18F3N3O3. The first-order chi connectivity index (χ1) is 12.9. The molecular weight excluding hydrogens is 363 g/mol. The molecule has 0 spiro atoms. The average molecular weight is 381 g/mol. The fourth-order valence-corrected chi connectivity index (χ4v) is 2.59.